The minimum atomic E-state index is -0.251. The molecule has 1 fully saturated rings. The quantitative estimate of drug-likeness (QED) is 0.744. The molecule has 3 unspecified atom stereocenters. The molecular weight excluding hydrogens is 198 g/mol. The summed E-state index contributed by atoms with van der Waals surface area (Å²) in [5.74, 6) is 0.784. The van der Waals surface area contributed by atoms with E-state index in [1.54, 1.807) is 0 Å². The lowest BCUT2D eigenvalue weighted by atomic mass is 9.84. The standard InChI is InChI=1S/C14H29NO/c1-4-12-10-8-6-7-9-11-13(12)15(3)14(16)5-2/h12-14,16H,4-11H2,1-3H3. The van der Waals surface area contributed by atoms with Crippen LogP contribution in [0, 0.1) is 5.92 Å². The fraction of sp³-hybridized carbons (Fsp3) is 1.00. The summed E-state index contributed by atoms with van der Waals surface area (Å²) < 4.78 is 0. The van der Waals surface area contributed by atoms with E-state index in [1.807, 2.05) is 0 Å². The summed E-state index contributed by atoms with van der Waals surface area (Å²) in [5, 5.41) is 9.98. The fourth-order valence-electron chi connectivity index (χ4n) is 3.06. The van der Waals surface area contributed by atoms with Crippen molar-refractivity contribution in [3.8, 4) is 0 Å². The maximum Gasteiger partial charge on any atom is 0.107 e. The lowest BCUT2D eigenvalue weighted by Crippen LogP contribution is -2.44. The van der Waals surface area contributed by atoms with E-state index < -0.39 is 0 Å². The van der Waals surface area contributed by atoms with Crippen molar-refractivity contribution in [2.75, 3.05) is 7.05 Å². The second kappa shape index (κ2) is 7.29. The molecule has 0 aromatic carbocycles. The number of nitrogens with zero attached hydrogens (tertiary/aromatic N) is 1. The molecule has 1 N–H and O–H groups in total. The number of hydrogen-bond donors (Lipinski definition) is 1. The van der Waals surface area contributed by atoms with Crippen molar-refractivity contribution in [1.29, 1.82) is 0 Å². The van der Waals surface area contributed by atoms with Gasteiger partial charge in [0.1, 0.15) is 6.23 Å². The Hall–Kier alpha value is -0.0800. The fourth-order valence-corrected chi connectivity index (χ4v) is 3.06. The summed E-state index contributed by atoms with van der Waals surface area (Å²) in [6.45, 7) is 4.36. The molecule has 0 saturated heterocycles. The van der Waals surface area contributed by atoms with Gasteiger partial charge in [0.25, 0.3) is 0 Å². The van der Waals surface area contributed by atoms with E-state index in [0.29, 0.717) is 6.04 Å². The Kier molecular flexibility index (Phi) is 6.37. The van der Waals surface area contributed by atoms with Crippen molar-refractivity contribution < 1.29 is 5.11 Å². The Bertz CT molecular complexity index is 182. The largest absolute Gasteiger partial charge is 0.378 e. The van der Waals surface area contributed by atoms with Crippen molar-refractivity contribution in [2.24, 2.45) is 5.92 Å². The SMILES string of the molecule is CCC1CCCCCCC1N(C)C(O)CC. The van der Waals surface area contributed by atoms with Crippen LogP contribution in [0.5, 0.6) is 0 Å². The van der Waals surface area contributed by atoms with E-state index in [1.165, 1.54) is 44.9 Å². The second-order valence-corrected chi connectivity index (χ2v) is 5.28. The van der Waals surface area contributed by atoms with Crippen LogP contribution in [-0.4, -0.2) is 29.3 Å². The molecule has 2 heteroatoms. The summed E-state index contributed by atoms with van der Waals surface area (Å²) in [4.78, 5) is 2.22. The molecule has 0 aromatic rings. The molecule has 1 aliphatic rings. The van der Waals surface area contributed by atoms with Gasteiger partial charge in [0.2, 0.25) is 0 Å². The number of aliphatic hydroxyl groups is 1. The Morgan fingerprint density at radius 1 is 1.12 bits per heavy atom. The lowest BCUT2D eigenvalue weighted by molar-refractivity contribution is -0.0311. The van der Waals surface area contributed by atoms with Crippen molar-refractivity contribution in [3.63, 3.8) is 0 Å². The van der Waals surface area contributed by atoms with Gasteiger partial charge in [-0.3, -0.25) is 4.90 Å². The van der Waals surface area contributed by atoms with Crippen LogP contribution < -0.4 is 0 Å². The average molecular weight is 227 g/mol. The van der Waals surface area contributed by atoms with Crippen LogP contribution in [0.15, 0.2) is 0 Å². The first-order valence-corrected chi connectivity index (χ1v) is 7.10. The number of hydrogen-bond acceptors (Lipinski definition) is 2. The minimum absolute atomic E-state index is 0.251. The highest BCUT2D eigenvalue weighted by Crippen LogP contribution is 2.29. The van der Waals surface area contributed by atoms with Gasteiger partial charge in [-0.25, -0.2) is 0 Å². The van der Waals surface area contributed by atoms with Crippen molar-refractivity contribution in [1.82, 2.24) is 4.90 Å². The van der Waals surface area contributed by atoms with Crippen LogP contribution in [0.1, 0.15) is 65.2 Å². The Balaban J connectivity index is 2.62. The molecule has 0 heterocycles. The molecule has 1 saturated carbocycles. The highest BCUT2D eigenvalue weighted by atomic mass is 16.3. The molecule has 96 valence electrons. The lowest BCUT2D eigenvalue weighted by Gasteiger charge is -2.38. The monoisotopic (exact) mass is 227 g/mol. The minimum Gasteiger partial charge on any atom is -0.378 e. The van der Waals surface area contributed by atoms with Crippen LogP contribution >= 0.6 is 0 Å². The molecule has 1 aliphatic carbocycles. The van der Waals surface area contributed by atoms with Crippen LogP contribution in [0.25, 0.3) is 0 Å². The molecule has 2 nitrogen and oxygen atoms in total. The van der Waals surface area contributed by atoms with Crippen LogP contribution in [0.4, 0.5) is 0 Å². The first kappa shape index (κ1) is 14.0. The summed E-state index contributed by atoms with van der Waals surface area (Å²) >= 11 is 0. The van der Waals surface area contributed by atoms with Crippen molar-refractivity contribution in [3.05, 3.63) is 0 Å². The van der Waals surface area contributed by atoms with Crippen molar-refractivity contribution >= 4 is 0 Å². The third-order valence-electron chi connectivity index (χ3n) is 4.25. The van der Waals surface area contributed by atoms with Gasteiger partial charge in [0, 0.05) is 6.04 Å². The predicted molar refractivity (Wildman–Crippen MR) is 69.3 cm³/mol. The molecule has 16 heavy (non-hydrogen) atoms. The zero-order valence-electron chi connectivity index (χ0n) is 11.3. The first-order valence-electron chi connectivity index (χ1n) is 7.10. The van der Waals surface area contributed by atoms with E-state index in [0.717, 1.165) is 12.3 Å². The molecule has 1 rings (SSSR count). The summed E-state index contributed by atoms with van der Waals surface area (Å²) in [6.07, 6.45) is 9.96. The summed E-state index contributed by atoms with van der Waals surface area (Å²) in [5.41, 5.74) is 0. The topological polar surface area (TPSA) is 23.5 Å². The van der Waals surface area contributed by atoms with Gasteiger partial charge in [-0.2, -0.15) is 0 Å². The van der Waals surface area contributed by atoms with E-state index >= 15 is 0 Å². The predicted octanol–water partition coefficient (Wildman–Crippen LogP) is 3.40. The molecule has 0 spiro atoms. The van der Waals surface area contributed by atoms with E-state index in [4.69, 9.17) is 0 Å². The Morgan fingerprint density at radius 3 is 2.31 bits per heavy atom. The van der Waals surface area contributed by atoms with E-state index in [-0.39, 0.29) is 6.23 Å². The maximum atomic E-state index is 9.98. The molecule has 0 bridgehead atoms. The molecule has 0 aliphatic heterocycles. The molecule has 0 aromatic heterocycles. The first-order chi connectivity index (χ1) is 7.70. The summed E-state index contributed by atoms with van der Waals surface area (Å²) in [6, 6.07) is 0.597. The third kappa shape index (κ3) is 3.74. The van der Waals surface area contributed by atoms with Crippen LogP contribution in [-0.2, 0) is 0 Å². The highest BCUT2D eigenvalue weighted by Gasteiger charge is 2.27. The van der Waals surface area contributed by atoms with Crippen molar-refractivity contribution in [2.45, 2.75) is 77.5 Å². The molecule has 0 amide bonds. The summed E-state index contributed by atoms with van der Waals surface area (Å²) in [7, 11) is 2.10. The Morgan fingerprint density at radius 2 is 1.75 bits per heavy atom. The van der Waals surface area contributed by atoms with E-state index in [9.17, 15) is 5.11 Å². The zero-order chi connectivity index (χ0) is 12.0. The zero-order valence-corrected chi connectivity index (χ0v) is 11.3. The number of aliphatic hydroxyl groups excluding tert-OH is 1. The third-order valence-corrected chi connectivity index (χ3v) is 4.25. The van der Waals surface area contributed by atoms with Crippen LogP contribution in [0.3, 0.4) is 0 Å². The van der Waals surface area contributed by atoms with Crippen LogP contribution in [0.2, 0.25) is 0 Å². The van der Waals surface area contributed by atoms with Gasteiger partial charge in [-0.15, -0.1) is 0 Å². The number of rotatable bonds is 4. The smallest absolute Gasteiger partial charge is 0.107 e. The van der Waals surface area contributed by atoms with E-state index in [2.05, 4.69) is 25.8 Å². The molecular formula is C14H29NO. The second-order valence-electron chi connectivity index (χ2n) is 5.28. The van der Waals surface area contributed by atoms with Gasteiger partial charge in [0.15, 0.2) is 0 Å². The maximum absolute atomic E-state index is 9.98. The van der Waals surface area contributed by atoms with Gasteiger partial charge in [-0.05, 0) is 32.2 Å². The molecule has 0 radical (unpaired) electrons. The average Bonchev–Trinajstić information content (AvgIpc) is 2.27. The van der Waals surface area contributed by atoms with Gasteiger partial charge in [0.05, 0.1) is 0 Å². The van der Waals surface area contributed by atoms with Gasteiger partial charge < -0.3 is 5.11 Å². The van der Waals surface area contributed by atoms with Gasteiger partial charge >= 0.3 is 0 Å². The Labute approximate surface area is 101 Å². The highest BCUT2D eigenvalue weighted by molar-refractivity contribution is 4.80. The van der Waals surface area contributed by atoms with Gasteiger partial charge in [-0.1, -0.05) is 46.0 Å². The normalized spacial score (nSPS) is 29.8. The molecule has 3 atom stereocenters.